The average molecular weight is 407 g/mol. The van der Waals surface area contributed by atoms with Crippen LogP contribution in [0.15, 0.2) is 59.5 Å². The summed E-state index contributed by atoms with van der Waals surface area (Å²) in [5, 5.41) is 0.520. The summed E-state index contributed by atoms with van der Waals surface area (Å²) < 4.78 is 28.3. The molecule has 0 saturated carbocycles. The van der Waals surface area contributed by atoms with E-state index in [1.807, 2.05) is 18.2 Å². The van der Waals surface area contributed by atoms with Crippen molar-refractivity contribution in [3.63, 3.8) is 0 Å². The van der Waals surface area contributed by atoms with Gasteiger partial charge in [0.15, 0.2) is 0 Å². The predicted octanol–water partition coefficient (Wildman–Crippen LogP) is 4.62. The highest BCUT2D eigenvalue weighted by Crippen LogP contribution is 2.32. The smallest absolute Gasteiger partial charge is 0.240 e. The Labute approximate surface area is 167 Å². The van der Waals surface area contributed by atoms with Crippen LogP contribution in [0.5, 0.6) is 0 Å². The Balaban J connectivity index is 1.84. The molecule has 3 rings (SSSR count). The van der Waals surface area contributed by atoms with E-state index in [-0.39, 0.29) is 10.9 Å². The third kappa shape index (κ3) is 4.91. The van der Waals surface area contributed by atoms with Crippen LogP contribution in [0.1, 0.15) is 44.7 Å². The zero-order valence-electron chi connectivity index (χ0n) is 15.8. The van der Waals surface area contributed by atoms with E-state index in [4.69, 9.17) is 11.6 Å². The molecule has 0 spiro atoms. The fourth-order valence-electron chi connectivity index (χ4n) is 4.01. The molecule has 0 aliphatic carbocycles. The van der Waals surface area contributed by atoms with Gasteiger partial charge in [-0.2, -0.15) is 0 Å². The fraction of sp³-hybridized carbons (Fsp3) is 0.429. The molecule has 0 bridgehead atoms. The minimum absolute atomic E-state index is 0.00132. The van der Waals surface area contributed by atoms with Crippen molar-refractivity contribution in [2.45, 2.75) is 56.1 Å². The number of hydrogen-bond donors (Lipinski definition) is 1. The van der Waals surface area contributed by atoms with Gasteiger partial charge in [-0.25, -0.2) is 13.1 Å². The zero-order chi connectivity index (χ0) is 19.4. The lowest BCUT2D eigenvalue weighted by Crippen LogP contribution is -2.49. The van der Waals surface area contributed by atoms with Gasteiger partial charge in [0.05, 0.1) is 4.90 Å². The topological polar surface area (TPSA) is 49.4 Å². The van der Waals surface area contributed by atoms with E-state index >= 15 is 0 Å². The number of sulfonamides is 1. The summed E-state index contributed by atoms with van der Waals surface area (Å²) in [5.41, 5.74) is 1.14. The fourth-order valence-corrected chi connectivity index (χ4v) is 5.18. The van der Waals surface area contributed by atoms with Crippen molar-refractivity contribution in [1.29, 1.82) is 0 Å². The molecule has 0 amide bonds. The minimum atomic E-state index is -3.59. The molecule has 6 heteroatoms. The largest absolute Gasteiger partial charge is 0.290 e. The Morgan fingerprint density at radius 2 is 1.63 bits per heavy atom. The van der Waals surface area contributed by atoms with E-state index < -0.39 is 10.0 Å². The molecule has 1 fully saturated rings. The van der Waals surface area contributed by atoms with Crippen LogP contribution in [0.3, 0.4) is 0 Å². The van der Waals surface area contributed by atoms with E-state index in [0.29, 0.717) is 23.7 Å². The van der Waals surface area contributed by atoms with Gasteiger partial charge in [0.2, 0.25) is 10.0 Å². The van der Waals surface area contributed by atoms with Gasteiger partial charge in [-0.15, -0.1) is 0 Å². The van der Waals surface area contributed by atoms with E-state index in [1.165, 1.54) is 18.6 Å². The monoisotopic (exact) mass is 406 g/mol. The lowest BCUT2D eigenvalue weighted by molar-refractivity contribution is 0.0561. The normalized spacial score (nSPS) is 22.5. The van der Waals surface area contributed by atoms with Crippen molar-refractivity contribution >= 4 is 21.6 Å². The maximum atomic E-state index is 12.8. The number of rotatable bonds is 6. The molecular weight excluding hydrogens is 380 g/mol. The lowest BCUT2D eigenvalue weighted by atomic mass is 9.92. The molecule has 1 N–H and O–H groups in total. The van der Waals surface area contributed by atoms with Crippen LogP contribution in [0.25, 0.3) is 0 Å². The molecule has 1 aliphatic rings. The van der Waals surface area contributed by atoms with Gasteiger partial charge in [-0.3, -0.25) is 4.90 Å². The second-order valence-corrected chi connectivity index (χ2v) is 9.51. The maximum absolute atomic E-state index is 12.8. The first-order chi connectivity index (χ1) is 12.9. The predicted molar refractivity (Wildman–Crippen MR) is 110 cm³/mol. The highest BCUT2D eigenvalue weighted by atomic mass is 35.5. The van der Waals surface area contributed by atoms with Crippen LogP contribution in [-0.4, -0.2) is 31.9 Å². The first kappa shape index (κ1) is 20.3. The van der Waals surface area contributed by atoms with Crippen molar-refractivity contribution in [1.82, 2.24) is 9.62 Å². The standard InChI is InChI=1S/C21H27ClN2O2S/c1-16-7-6-8-17(2)24(16)21(18-9-4-3-5-10-18)15-23-27(25,26)20-13-11-19(22)12-14-20/h3-5,9-14,16-17,21,23H,6-8,15H2,1-2H3/t16-,17+,21-/m1/s1. The third-order valence-corrected chi connectivity index (χ3v) is 7.09. The van der Waals surface area contributed by atoms with Gasteiger partial charge in [0.25, 0.3) is 0 Å². The van der Waals surface area contributed by atoms with Crippen LogP contribution in [0.2, 0.25) is 5.02 Å². The van der Waals surface area contributed by atoms with Crippen molar-refractivity contribution in [2.24, 2.45) is 0 Å². The SMILES string of the molecule is C[C@@H]1CCC[C@H](C)N1[C@H](CNS(=O)(=O)c1ccc(Cl)cc1)c1ccccc1. The Kier molecular flexibility index (Phi) is 6.58. The molecule has 0 unspecified atom stereocenters. The zero-order valence-corrected chi connectivity index (χ0v) is 17.4. The van der Waals surface area contributed by atoms with Crippen LogP contribution >= 0.6 is 11.6 Å². The first-order valence-corrected chi connectivity index (χ1v) is 11.3. The van der Waals surface area contributed by atoms with Gasteiger partial charge in [0.1, 0.15) is 0 Å². The van der Waals surface area contributed by atoms with Gasteiger partial charge in [0, 0.05) is 29.7 Å². The number of likely N-dealkylation sites (tertiary alicyclic amines) is 1. The summed E-state index contributed by atoms with van der Waals surface area (Å²) in [5.74, 6) is 0. The number of halogens is 1. The molecular formula is C21H27ClN2O2S. The number of nitrogens with one attached hydrogen (secondary N) is 1. The Morgan fingerprint density at radius 1 is 1.04 bits per heavy atom. The quantitative estimate of drug-likeness (QED) is 0.761. The molecule has 27 heavy (non-hydrogen) atoms. The van der Waals surface area contributed by atoms with E-state index in [2.05, 4.69) is 35.6 Å². The number of hydrogen-bond acceptors (Lipinski definition) is 3. The summed E-state index contributed by atoms with van der Waals surface area (Å²) in [6.45, 7) is 4.81. The molecule has 0 radical (unpaired) electrons. The van der Waals surface area contributed by atoms with Crippen molar-refractivity contribution in [3.8, 4) is 0 Å². The Hall–Kier alpha value is -1.40. The number of benzene rings is 2. The molecule has 2 aromatic carbocycles. The van der Waals surface area contributed by atoms with E-state index in [1.54, 1.807) is 12.1 Å². The molecule has 0 aromatic heterocycles. The highest BCUT2D eigenvalue weighted by molar-refractivity contribution is 7.89. The summed E-state index contributed by atoms with van der Waals surface area (Å²) in [7, 11) is -3.59. The van der Waals surface area contributed by atoms with Crippen molar-refractivity contribution in [2.75, 3.05) is 6.54 Å². The van der Waals surface area contributed by atoms with Crippen LogP contribution in [0, 0.1) is 0 Å². The van der Waals surface area contributed by atoms with Gasteiger partial charge in [-0.05, 0) is 56.5 Å². The summed E-state index contributed by atoms with van der Waals surface area (Å²) in [4.78, 5) is 2.70. The molecule has 1 aliphatic heterocycles. The van der Waals surface area contributed by atoms with Crippen molar-refractivity contribution in [3.05, 3.63) is 65.2 Å². The Bertz CT molecular complexity index is 830. The third-order valence-electron chi connectivity index (χ3n) is 5.40. The van der Waals surface area contributed by atoms with E-state index in [0.717, 1.165) is 18.4 Å². The molecule has 1 saturated heterocycles. The second-order valence-electron chi connectivity index (χ2n) is 7.31. The van der Waals surface area contributed by atoms with Gasteiger partial charge in [-0.1, -0.05) is 48.4 Å². The summed E-state index contributed by atoms with van der Waals surface area (Å²) in [6, 6.07) is 17.3. The molecule has 4 nitrogen and oxygen atoms in total. The van der Waals surface area contributed by atoms with E-state index in [9.17, 15) is 8.42 Å². The minimum Gasteiger partial charge on any atom is -0.290 e. The molecule has 2 aromatic rings. The number of piperidine rings is 1. The molecule has 146 valence electrons. The van der Waals surface area contributed by atoms with Gasteiger partial charge < -0.3 is 0 Å². The summed E-state index contributed by atoms with van der Waals surface area (Å²) in [6.07, 6.45) is 3.49. The second kappa shape index (κ2) is 8.74. The highest BCUT2D eigenvalue weighted by Gasteiger charge is 2.32. The van der Waals surface area contributed by atoms with Crippen LogP contribution in [0.4, 0.5) is 0 Å². The lowest BCUT2D eigenvalue weighted by Gasteiger charge is -2.44. The summed E-state index contributed by atoms with van der Waals surface area (Å²) >= 11 is 5.88. The van der Waals surface area contributed by atoms with Crippen LogP contribution in [-0.2, 0) is 10.0 Å². The average Bonchev–Trinajstić information content (AvgIpc) is 2.65. The van der Waals surface area contributed by atoms with Crippen LogP contribution < -0.4 is 4.72 Å². The molecule has 3 atom stereocenters. The maximum Gasteiger partial charge on any atom is 0.240 e. The molecule has 1 heterocycles. The first-order valence-electron chi connectivity index (χ1n) is 9.46. The Morgan fingerprint density at radius 3 is 2.22 bits per heavy atom. The number of nitrogens with zero attached hydrogens (tertiary/aromatic N) is 1. The van der Waals surface area contributed by atoms with Crippen molar-refractivity contribution < 1.29 is 8.42 Å². The van der Waals surface area contributed by atoms with Gasteiger partial charge >= 0.3 is 0 Å².